The minimum Gasteiger partial charge on any atom is -0.493 e. The highest BCUT2D eigenvalue weighted by Crippen LogP contribution is 2.38. The monoisotopic (exact) mass is 505 g/mol. The Morgan fingerprint density at radius 3 is 2.21 bits per heavy atom. The van der Waals surface area contributed by atoms with Gasteiger partial charge in [-0.1, -0.05) is 26.7 Å². The lowest BCUT2D eigenvalue weighted by molar-refractivity contribution is 0.318. The average Bonchev–Trinajstić information content (AvgIpc) is 3.18. The number of nitrogens with zero attached hydrogens (tertiary/aromatic N) is 2. The van der Waals surface area contributed by atoms with E-state index in [4.69, 9.17) is 14.2 Å². The summed E-state index contributed by atoms with van der Waals surface area (Å²) < 4.78 is 16.3. The van der Waals surface area contributed by atoms with E-state index in [2.05, 4.69) is 29.1 Å². The highest BCUT2D eigenvalue weighted by Gasteiger charge is 2.29. The molecule has 1 heterocycles. The average molecular weight is 505 g/mol. The fourth-order valence-corrected chi connectivity index (χ4v) is 4.07. The van der Waals surface area contributed by atoms with Crippen LogP contribution in [0.25, 0.3) is 0 Å². The molecule has 1 N–H and O–H groups in total. The summed E-state index contributed by atoms with van der Waals surface area (Å²) in [4.78, 5) is 6.87. The van der Waals surface area contributed by atoms with Gasteiger partial charge in [-0.05, 0) is 36.0 Å². The van der Waals surface area contributed by atoms with Gasteiger partial charge < -0.3 is 24.4 Å². The van der Waals surface area contributed by atoms with Gasteiger partial charge in [-0.15, -0.1) is 24.0 Å². The molecule has 28 heavy (non-hydrogen) atoms. The van der Waals surface area contributed by atoms with Crippen molar-refractivity contribution in [2.24, 2.45) is 16.8 Å². The molecule has 7 heteroatoms. The van der Waals surface area contributed by atoms with Crippen molar-refractivity contribution in [3.8, 4) is 17.2 Å². The van der Waals surface area contributed by atoms with Crippen molar-refractivity contribution in [3.05, 3.63) is 17.7 Å². The van der Waals surface area contributed by atoms with E-state index in [0.29, 0.717) is 23.8 Å². The quantitative estimate of drug-likeness (QED) is 0.327. The van der Waals surface area contributed by atoms with Crippen LogP contribution in [0.2, 0.25) is 0 Å². The molecule has 0 aliphatic carbocycles. The number of guanidine groups is 1. The third kappa shape index (κ3) is 5.81. The van der Waals surface area contributed by atoms with Gasteiger partial charge in [-0.3, -0.25) is 4.99 Å². The van der Waals surface area contributed by atoms with Crippen molar-refractivity contribution in [1.29, 1.82) is 0 Å². The van der Waals surface area contributed by atoms with Gasteiger partial charge in [0.1, 0.15) is 0 Å². The van der Waals surface area contributed by atoms with E-state index in [1.165, 1.54) is 19.3 Å². The van der Waals surface area contributed by atoms with Gasteiger partial charge in [0.15, 0.2) is 17.5 Å². The smallest absolute Gasteiger partial charge is 0.203 e. The molecular formula is C21H36IN3O3. The number of halogens is 1. The van der Waals surface area contributed by atoms with E-state index in [1.807, 2.05) is 19.2 Å². The van der Waals surface area contributed by atoms with Crippen LogP contribution in [0.5, 0.6) is 17.2 Å². The van der Waals surface area contributed by atoms with E-state index in [9.17, 15) is 0 Å². The predicted octanol–water partition coefficient (Wildman–Crippen LogP) is 4.16. The molecule has 1 saturated heterocycles. The van der Waals surface area contributed by atoms with E-state index < -0.39 is 0 Å². The maximum Gasteiger partial charge on any atom is 0.203 e. The Bertz CT molecular complexity index is 610. The van der Waals surface area contributed by atoms with Crippen LogP contribution in [0.3, 0.4) is 0 Å². The van der Waals surface area contributed by atoms with E-state index in [0.717, 1.165) is 36.4 Å². The molecule has 0 radical (unpaired) electrons. The van der Waals surface area contributed by atoms with Crippen LogP contribution in [0.4, 0.5) is 0 Å². The van der Waals surface area contributed by atoms with E-state index in [1.54, 1.807) is 21.3 Å². The summed E-state index contributed by atoms with van der Waals surface area (Å²) in [6.45, 7) is 7.40. The summed E-state index contributed by atoms with van der Waals surface area (Å²) in [7, 11) is 6.73. The maximum absolute atomic E-state index is 5.44. The van der Waals surface area contributed by atoms with Gasteiger partial charge >= 0.3 is 0 Å². The Morgan fingerprint density at radius 2 is 1.75 bits per heavy atom. The molecule has 1 atom stereocenters. The van der Waals surface area contributed by atoms with Crippen molar-refractivity contribution in [3.63, 3.8) is 0 Å². The first-order valence-electron chi connectivity index (χ1n) is 9.86. The molecule has 0 saturated carbocycles. The number of nitrogens with one attached hydrogen (secondary N) is 1. The summed E-state index contributed by atoms with van der Waals surface area (Å²) in [6, 6.07) is 3.94. The molecule has 2 rings (SSSR count). The molecule has 0 bridgehead atoms. The topological polar surface area (TPSA) is 55.3 Å². The third-order valence-corrected chi connectivity index (χ3v) is 5.63. The lowest BCUT2D eigenvalue weighted by Crippen LogP contribution is -2.40. The SMILES string of the molecule is CCC(CC)C1CCN(C(=NC)NCc2cc(OC)c(OC)c(OC)c2)C1.I. The lowest BCUT2D eigenvalue weighted by atomic mass is 9.87. The van der Waals surface area contributed by atoms with Crippen LogP contribution in [0.1, 0.15) is 38.7 Å². The summed E-state index contributed by atoms with van der Waals surface area (Å²) in [5, 5.41) is 3.49. The molecule has 1 aliphatic heterocycles. The van der Waals surface area contributed by atoms with Crippen LogP contribution in [-0.4, -0.2) is 52.3 Å². The van der Waals surface area contributed by atoms with Gasteiger partial charge in [0, 0.05) is 26.7 Å². The standard InChI is InChI=1S/C21H35N3O3.HI/c1-7-16(8-2)17-9-10-24(14-17)21(22-3)23-13-15-11-18(25-4)20(27-6)19(12-15)26-5;/h11-12,16-17H,7-10,13-14H2,1-6H3,(H,22,23);1H. The second kappa shape index (κ2) is 12.2. The fraction of sp³-hybridized carbons (Fsp3) is 0.667. The zero-order chi connectivity index (χ0) is 19.8. The number of benzene rings is 1. The Labute approximate surface area is 187 Å². The van der Waals surface area contributed by atoms with Gasteiger partial charge in [0.25, 0.3) is 0 Å². The molecule has 6 nitrogen and oxygen atoms in total. The minimum atomic E-state index is 0. The van der Waals surface area contributed by atoms with Crippen LogP contribution in [0.15, 0.2) is 17.1 Å². The second-order valence-electron chi connectivity index (χ2n) is 7.01. The van der Waals surface area contributed by atoms with Crippen LogP contribution < -0.4 is 19.5 Å². The Balaban J connectivity index is 0.00000392. The second-order valence-corrected chi connectivity index (χ2v) is 7.01. The molecule has 1 fully saturated rings. The molecule has 1 aliphatic rings. The largest absolute Gasteiger partial charge is 0.493 e. The molecule has 1 aromatic carbocycles. The summed E-state index contributed by atoms with van der Waals surface area (Å²) in [5.74, 6) is 4.47. The highest BCUT2D eigenvalue weighted by atomic mass is 127. The van der Waals surface area contributed by atoms with Crippen molar-refractivity contribution in [1.82, 2.24) is 10.2 Å². The number of aliphatic imine (C=N–C) groups is 1. The van der Waals surface area contributed by atoms with Gasteiger partial charge in [-0.2, -0.15) is 0 Å². The van der Waals surface area contributed by atoms with Crippen LogP contribution in [0, 0.1) is 11.8 Å². The van der Waals surface area contributed by atoms with Crippen LogP contribution in [-0.2, 0) is 6.54 Å². The van der Waals surface area contributed by atoms with Crippen molar-refractivity contribution < 1.29 is 14.2 Å². The van der Waals surface area contributed by atoms with Crippen LogP contribution >= 0.6 is 24.0 Å². The maximum atomic E-state index is 5.44. The van der Waals surface area contributed by atoms with Gasteiger partial charge in [-0.25, -0.2) is 0 Å². The lowest BCUT2D eigenvalue weighted by Gasteiger charge is -2.24. The Morgan fingerprint density at radius 1 is 1.14 bits per heavy atom. The van der Waals surface area contributed by atoms with Gasteiger partial charge in [0.2, 0.25) is 5.75 Å². The van der Waals surface area contributed by atoms with E-state index in [-0.39, 0.29) is 24.0 Å². The van der Waals surface area contributed by atoms with Crippen molar-refractivity contribution in [2.75, 3.05) is 41.5 Å². The predicted molar refractivity (Wildman–Crippen MR) is 125 cm³/mol. The number of rotatable bonds is 8. The summed E-state index contributed by atoms with van der Waals surface area (Å²) in [6.07, 6.45) is 3.76. The minimum absolute atomic E-state index is 0. The first-order valence-corrected chi connectivity index (χ1v) is 9.86. The molecule has 0 amide bonds. The highest BCUT2D eigenvalue weighted by molar-refractivity contribution is 14.0. The first-order chi connectivity index (χ1) is 13.1. The normalized spacial score (nSPS) is 16.8. The number of hydrogen-bond donors (Lipinski definition) is 1. The number of ether oxygens (including phenoxy) is 3. The summed E-state index contributed by atoms with van der Waals surface area (Å²) in [5.41, 5.74) is 1.06. The summed E-state index contributed by atoms with van der Waals surface area (Å²) >= 11 is 0. The molecule has 0 spiro atoms. The van der Waals surface area contributed by atoms with Crippen molar-refractivity contribution >= 4 is 29.9 Å². The number of likely N-dealkylation sites (tertiary alicyclic amines) is 1. The Hall–Kier alpha value is -1.38. The zero-order valence-corrected chi connectivity index (χ0v) is 20.4. The first kappa shape index (κ1) is 24.7. The molecular weight excluding hydrogens is 469 g/mol. The zero-order valence-electron chi connectivity index (χ0n) is 18.1. The fourth-order valence-electron chi connectivity index (χ4n) is 4.07. The number of methoxy groups -OCH3 is 3. The third-order valence-electron chi connectivity index (χ3n) is 5.63. The Kier molecular flexibility index (Phi) is 10.8. The molecule has 1 unspecified atom stereocenters. The van der Waals surface area contributed by atoms with Crippen molar-refractivity contribution in [2.45, 2.75) is 39.7 Å². The molecule has 0 aromatic heterocycles. The number of hydrogen-bond acceptors (Lipinski definition) is 4. The van der Waals surface area contributed by atoms with E-state index >= 15 is 0 Å². The van der Waals surface area contributed by atoms with Gasteiger partial charge in [0.05, 0.1) is 21.3 Å². The molecule has 160 valence electrons. The molecule has 1 aromatic rings.